The van der Waals surface area contributed by atoms with Gasteiger partial charge in [-0.25, -0.2) is 0 Å². The summed E-state index contributed by atoms with van der Waals surface area (Å²) in [6.45, 7) is 1.66. The first-order valence-electron chi connectivity index (χ1n) is 6.76. The summed E-state index contributed by atoms with van der Waals surface area (Å²) in [5, 5.41) is 4.71. The number of aromatic nitrogens is 2. The lowest BCUT2D eigenvalue weighted by Crippen LogP contribution is -2.05. The molecule has 4 heteroatoms. The average Bonchev–Trinajstić information content (AvgIpc) is 2.99. The molecule has 2 aromatic rings. The van der Waals surface area contributed by atoms with Crippen LogP contribution in [0.1, 0.15) is 17.8 Å². The lowest BCUT2D eigenvalue weighted by atomic mass is 10.00. The molecule has 2 heterocycles. The third-order valence-corrected chi connectivity index (χ3v) is 3.65. The second-order valence-corrected chi connectivity index (χ2v) is 4.87. The third kappa shape index (κ3) is 2.12. The van der Waals surface area contributed by atoms with Crippen LogP contribution >= 0.6 is 0 Å². The van der Waals surface area contributed by atoms with E-state index >= 15 is 0 Å². The van der Waals surface area contributed by atoms with Crippen molar-refractivity contribution in [2.45, 2.75) is 25.8 Å². The van der Waals surface area contributed by atoms with Gasteiger partial charge in [-0.1, -0.05) is 12.1 Å². The highest BCUT2D eigenvalue weighted by molar-refractivity contribution is 5.70. The van der Waals surface area contributed by atoms with Gasteiger partial charge in [0, 0.05) is 24.2 Å². The Balaban J connectivity index is 2.11. The SMILES string of the molecule is COc1cccc(-c2c(CCN)nn3c2CCC3)c1. The van der Waals surface area contributed by atoms with Crippen molar-refractivity contribution in [2.75, 3.05) is 13.7 Å². The molecule has 0 saturated heterocycles. The molecule has 1 aromatic heterocycles. The summed E-state index contributed by atoms with van der Waals surface area (Å²) in [6, 6.07) is 8.20. The number of hydrogen-bond donors (Lipinski definition) is 1. The third-order valence-electron chi connectivity index (χ3n) is 3.65. The van der Waals surface area contributed by atoms with Crippen molar-refractivity contribution in [3.8, 4) is 16.9 Å². The van der Waals surface area contributed by atoms with Crippen molar-refractivity contribution in [3.05, 3.63) is 35.7 Å². The van der Waals surface area contributed by atoms with Crippen LogP contribution < -0.4 is 10.5 Å². The predicted octanol–water partition coefficient (Wildman–Crippen LogP) is 2.01. The Labute approximate surface area is 113 Å². The van der Waals surface area contributed by atoms with E-state index in [-0.39, 0.29) is 0 Å². The van der Waals surface area contributed by atoms with Crippen molar-refractivity contribution in [1.82, 2.24) is 9.78 Å². The van der Waals surface area contributed by atoms with E-state index in [2.05, 4.69) is 16.8 Å². The van der Waals surface area contributed by atoms with E-state index in [0.717, 1.165) is 30.8 Å². The topological polar surface area (TPSA) is 53.1 Å². The van der Waals surface area contributed by atoms with E-state index in [1.165, 1.54) is 23.2 Å². The number of aryl methyl sites for hydroxylation is 1. The number of benzene rings is 1. The van der Waals surface area contributed by atoms with Gasteiger partial charge in [0.25, 0.3) is 0 Å². The van der Waals surface area contributed by atoms with E-state index in [9.17, 15) is 0 Å². The van der Waals surface area contributed by atoms with Crippen molar-refractivity contribution < 1.29 is 4.74 Å². The van der Waals surface area contributed by atoms with Crippen LogP contribution in [0.4, 0.5) is 0 Å². The molecular weight excluding hydrogens is 238 g/mol. The smallest absolute Gasteiger partial charge is 0.119 e. The number of nitrogens with zero attached hydrogens (tertiary/aromatic N) is 2. The van der Waals surface area contributed by atoms with Gasteiger partial charge in [0.1, 0.15) is 5.75 Å². The summed E-state index contributed by atoms with van der Waals surface area (Å²) in [4.78, 5) is 0. The highest BCUT2D eigenvalue weighted by Crippen LogP contribution is 2.33. The first-order chi connectivity index (χ1) is 9.33. The maximum atomic E-state index is 5.71. The van der Waals surface area contributed by atoms with Gasteiger partial charge in [0.2, 0.25) is 0 Å². The van der Waals surface area contributed by atoms with Gasteiger partial charge in [-0.3, -0.25) is 4.68 Å². The first-order valence-corrected chi connectivity index (χ1v) is 6.76. The Kier molecular flexibility index (Phi) is 3.25. The Hall–Kier alpha value is -1.81. The molecule has 0 radical (unpaired) electrons. The fraction of sp³-hybridized carbons (Fsp3) is 0.400. The van der Waals surface area contributed by atoms with Crippen LogP contribution in [0.5, 0.6) is 5.75 Å². The number of hydrogen-bond acceptors (Lipinski definition) is 3. The molecule has 0 aliphatic carbocycles. The van der Waals surface area contributed by atoms with Gasteiger partial charge >= 0.3 is 0 Å². The highest BCUT2D eigenvalue weighted by Gasteiger charge is 2.22. The van der Waals surface area contributed by atoms with E-state index in [0.29, 0.717) is 6.54 Å². The quantitative estimate of drug-likeness (QED) is 0.911. The number of methoxy groups -OCH3 is 1. The lowest BCUT2D eigenvalue weighted by molar-refractivity contribution is 0.415. The maximum Gasteiger partial charge on any atom is 0.119 e. The Morgan fingerprint density at radius 2 is 2.32 bits per heavy atom. The highest BCUT2D eigenvalue weighted by atomic mass is 16.5. The van der Waals surface area contributed by atoms with Crippen LogP contribution in [0.3, 0.4) is 0 Å². The van der Waals surface area contributed by atoms with E-state index in [1.807, 2.05) is 12.1 Å². The summed E-state index contributed by atoms with van der Waals surface area (Å²) in [6.07, 6.45) is 3.11. The zero-order valence-electron chi connectivity index (χ0n) is 11.2. The van der Waals surface area contributed by atoms with Crippen LogP contribution in [0, 0.1) is 0 Å². The van der Waals surface area contributed by atoms with Gasteiger partial charge < -0.3 is 10.5 Å². The number of fused-ring (bicyclic) bond motifs is 1. The van der Waals surface area contributed by atoms with Gasteiger partial charge in [0.15, 0.2) is 0 Å². The molecule has 1 aliphatic rings. The van der Waals surface area contributed by atoms with Gasteiger partial charge in [-0.05, 0) is 37.1 Å². The van der Waals surface area contributed by atoms with Crippen molar-refractivity contribution in [2.24, 2.45) is 5.73 Å². The van der Waals surface area contributed by atoms with Crippen molar-refractivity contribution >= 4 is 0 Å². The molecule has 1 aliphatic heterocycles. The summed E-state index contributed by atoms with van der Waals surface area (Å²) in [5.74, 6) is 0.883. The van der Waals surface area contributed by atoms with Gasteiger partial charge in [-0.2, -0.15) is 5.10 Å². The van der Waals surface area contributed by atoms with Crippen LogP contribution in [0.25, 0.3) is 11.1 Å². The van der Waals surface area contributed by atoms with Gasteiger partial charge in [-0.15, -0.1) is 0 Å². The van der Waals surface area contributed by atoms with E-state index in [1.54, 1.807) is 7.11 Å². The van der Waals surface area contributed by atoms with Crippen molar-refractivity contribution in [3.63, 3.8) is 0 Å². The Morgan fingerprint density at radius 1 is 1.42 bits per heavy atom. The standard InChI is InChI=1S/C15H19N3O/c1-19-12-5-2-4-11(10-12)15-13(7-8-16)17-18-9-3-6-14(15)18/h2,4-5,10H,3,6-9,16H2,1H3. The molecular formula is C15H19N3O. The fourth-order valence-corrected chi connectivity index (χ4v) is 2.81. The summed E-state index contributed by atoms with van der Waals surface area (Å²) in [7, 11) is 1.70. The first kappa shape index (κ1) is 12.2. The zero-order valence-corrected chi connectivity index (χ0v) is 11.2. The van der Waals surface area contributed by atoms with Crippen molar-refractivity contribution in [1.29, 1.82) is 0 Å². The largest absolute Gasteiger partial charge is 0.497 e. The van der Waals surface area contributed by atoms with Crippen LogP contribution in [-0.4, -0.2) is 23.4 Å². The monoisotopic (exact) mass is 257 g/mol. The average molecular weight is 257 g/mol. The molecule has 0 unspecified atom stereocenters. The summed E-state index contributed by atoms with van der Waals surface area (Å²) >= 11 is 0. The molecule has 0 saturated carbocycles. The zero-order chi connectivity index (χ0) is 13.2. The van der Waals surface area contributed by atoms with Crippen LogP contribution in [-0.2, 0) is 19.4 Å². The van der Waals surface area contributed by atoms with Crippen LogP contribution in [0.15, 0.2) is 24.3 Å². The molecule has 2 N–H and O–H groups in total. The maximum absolute atomic E-state index is 5.71. The second-order valence-electron chi connectivity index (χ2n) is 4.87. The molecule has 3 rings (SSSR count). The molecule has 0 spiro atoms. The lowest BCUT2D eigenvalue weighted by Gasteiger charge is -2.06. The molecule has 100 valence electrons. The minimum atomic E-state index is 0.632. The molecule has 0 amide bonds. The fourth-order valence-electron chi connectivity index (χ4n) is 2.81. The summed E-state index contributed by atoms with van der Waals surface area (Å²) < 4.78 is 7.46. The summed E-state index contributed by atoms with van der Waals surface area (Å²) in [5.41, 5.74) is 10.6. The molecule has 4 nitrogen and oxygen atoms in total. The molecule has 19 heavy (non-hydrogen) atoms. The predicted molar refractivity (Wildman–Crippen MR) is 75.3 cm³/mol. The second kappa shape index (κ2) is 5.05. The number of ether oxygens (including phenoxy) is 1. The van der Waals surface area contributed by atoms with E-state index in [4.69, 9.17) is 15.6 Å². The minimum Gasteiger partial charge on any atom is -0.497 e. The van der Waals surface area contributed by atoms with E-state index < -0.39 is 0 Å². The van der Waals surface area contributed by atoms with Crippen LogP contribution in [0.2, 0.25) is 0 Å². The molecule has 0 bridgehead atoms. The number of rotatable bonds is 4. The minimum absolute atomic E-state index is 0.632. The molecule has 0 atom stereocenters. The van der Waals surface area contributed by atoms with Gasteiger partial charge in [0.05, 0.1) is 12.8 Å². The number of nitrogens with two attached hydrogens (primary N) is 1. The molecule has 0 fully saturated rings. The molecule has 1 aromatic carbocycles. The Bertz CT molecular complexity index is 589. The normalized spacial score (nSPS) is 13.6. The Morgan fingerprint density at radius 3 is 3.11 bits per heavy atom.